The fraction of sp³-hybridized carbons (Fsp3) is 0.143. The van der Waals surface area contributed by atoms with Crippen molar-refractivity contribution in [3.05, 3.63) is 145 Å². The van der Waals surface area contributed by atoms with Gasteiger partial charge in [-0.2, -0.15) is 0 Å². The summed E-state index contributed by atoms with van der Waals surface area (Å²) in [6.07, 6.45) is 1.31. The SMILES string of the molecule is O=C(Cc1cccs1)NC1C(=O)N2C(C(=O)OC(c3ccccc3)c3ccccc3)=C(C=CSc3cc(=O)c4sccc4s3)CS[C@H]12. The van der Waals surface area contributed by atoms with Gasteiger partial charge in [-0.25, -0.2) is 4.79 Å². The highest BCUT2D eigenvalue weighted by Crippen LogP contribution is 2.42. The Morgan fingerprint density at radius 2 is 1.70 bits per heavy atom. The molecule has 0 aliphatic carbocycles. The number of ether oxygens (including phenoxy) is 1. The second-order valence-corrected chi connectivity index (χ2v) is 16.0. The van der Waals surface area contributed by atoms with Crippen LogP contribution in [0.15, 0.2) is 127 Å². The zero-order valence-corrected chi connectivity index (χ0v) is 28.7. The molecule has 0 bridgehead atoms. The first-order valence-corrected chi connectivity index (χ1v) is 19.1. The third kappa shape index (κ3) is 6.74. The number of nitrogens with zero attached hydrogens (tertiary/aromatic N) is 1. The Balaban J connectivity index is 1.18. The van der Waals surface area contributed by atoms with Crippen LogP contribution in [0, 0.1) is 0 Å². The average Bonchev–Trinajstić information content (AvgIpc) is 3.79. The maximum Gasteiger partial charge on any atom is 0.356 e. The Kier molecular flexibility index (Phi) is 9.46. The number of nitrogens with one attached hydrogen (secondary N) is 1. The highest BCUT2D eigenvalue weighted by atomic mass is 32.2. The van der Waals surface area contributed by atoms with Gasteiger partial charge >= 0.3 is 5.97 Å². The number of esters is 1. The van der Waals surface area contributed by atoms with E-state index in [9.17, 15) is 19.2 Å². The summed E-state index contributed by atoms with van der Waals surface area (Å²) in [6, 6.07) is 25.6. The van der Waals surface area contributed by atoms with Crippen molar-refractivity contribution >= 4 is 84.7 Å². The van der Waals surface area contributed by atoms with E-state index < -0.39 is 23.5 Å². The smallest absolute Gasteiger partial charge is 0.356 e. The number of thiophene rings is 2. The van der Waals surface area contributed by atoms with E-state index in [-0.39, 0.29) is 29.4 Å². The maximum absolute atomic E-state index is 14.2. The summed E-state index contributed by atoms with van der Waals surface area (Å²) in [7, 11) is 0. The molecule has 2 aliphatic heterocycles. The zero-order chi connectivity index (χ0) is 32.3. The number of allylic oxidation sites excluding steroid dienone is 1. The molecule has 236 valence electrons. The molecule has 2 amide bonds. The average molecular weight is 715 g/mol. The second kappa shape index (κ2) is 14.0. The van der Waals surface area contributed by atoms with E-state index >= 15 is 0 Å². The molecule has 0 spiro atoms. The maximum atomic E-state index is 14.2. The summed E-state index contributed by atoms with van der Waals surface area (Å²) >= 11 is 7.32. The molecule has 1 unspecified atom stereocenters. The molecular weight excluding hydrogens is 689 g/mol. The summed E-state index contributed by atoms with van der Waals surface area (Å²) in [5.74, 6) is -0.798. The molecule has 2 aliphatic rings. The van der Waals surface area contributed by atoms with Crippen LogP contribution in [-0.2, 0) is 25.5 Å². The minimum atomic E-state index is -0.746. The molecule has 0 saturated carbocycles. The van der Waals surface area contributed by atoms with Crippen molar-refractivity contribution in [3.8, 4) is 0 Å². The molecule has 0 radical (unpaired) electrons. The summed E-state index contributed by atoms with van der Waals surface area (Å²) in [5.41, 5.74) is 2.38. The topological polar surface area (TPSA) is 92.8 Å². The van der Waals surface area contributed by atoms with E-state index in [1.54, 1.807) is 6.07 Å². The minimum Gasteiger partial charge on any atom is -0.448 e. The number of hydrogen-bond acceptors (Lipinski definition) is 10. The number of amides is 2. The summed E-state index contributed by atoms with van der Waals surface area (Å²) < 4.78 is 8.73. The summed E-state index contributed by atoms with van der Waals surface area (Å²) in [4.78, 5) is 55.6. The van der Waals surface area contributed by atoms with Crippen molar-refractivity contribution < 1.29 is 19.1 Å². The number of hydrogen-bond donors (Lipinski definition) is 1. The van der Waals surface area contributed by atoms with Crippen molar-refractivity contribution in [2.75, 3.05) is 5.75 Å². The molecule has 5 heterocycles. The second-order valence-electron chi connectivity index (χ2n) is 10.7. The Morgan fingerprint density at radius 1 is 0.957 bits per heavy atom. The Hall–Kier alpha value is -3.94. The minimum absolute atomic E-state index is 0.0181. The molecule has 2 aromatic carbocycles. The fourth-order valence-corrected chi connectivity index (χ4v) is 10.4. The lowest BCUT2D eigenvalue weighted by Gasteiger charge is -2.49. The lowest BCUT2D eigenvalue weighted by Crippen LogP contribution is -2.70. The highest BCUT2D eigenvalue weighted by Gasteiger charge is 2.54. The Labute approximate surface area is 291 Å². The zero-order valence-electron chi connectivity index (χ0n) is 24.6. The van der Waals surface area contributed by atoms with Gasteiger partial charge in [-0.3, -0.25) is 19.3 Å². The van der Waals surface area contributed by atoms with Crippen LogP contribution < -0.4 is 10.7 Å². The molecule has 12 heteroatoms. The van der Waals surface area contributed by atoms with Gasteiger partial charge in [-0.15, -0.1) is 45.8 Å². The van der Waals surface area contributed by atoms with Crippen LogP contribution in [-0.4, -0.2) is 39.9 Å². The van der Waals surface area contributed by atoms with E-state index in [1.165, 1.54) is 62.4 Å². The molecule has 7 nitrogen and oxygen atoms in total. The quantitative estimate of drug-likeness (QED) is 0.0928. The van der Waals surface area contributed by atoms with Crippen LogP contribution in [0.25, 0.3) is 9.40 Å². The predicted molar refractivity (Wildman–Crippen MR) is 192 cm³/mol. The molecule has 5 aromatic rings. The van der Waals surface area contributed by atoms with Gasteiger partial charge in [0, 0.05) is 16.7 Å². The standard InChI is InChI=1S/C35H26N2O5S5/c38-25-19-28(47-26-14-17-45-32(25)26)44-16-13-23-20-46-34-29(36-27(39)18-24-12-7-15-43-24)33(40)37(34)30(23)35(41)42-31(21-8-3-1-4-9-21)22-10-5-2-6-11-22/h1-17,19,29,31,34H,18,20H2,(H,36,39)/t29?,34-/m1/s1. The van der Waals surface area contributed by atoms with E-state index in [0.717, 1.165) is 29.6 Å². The Bertz CT molecular complexity index is 2010. The van der Waals surface area contributed by atoms with Crippen molar-refractivity contribution in [2.45, 2.75) is 28.1 Å². The first-order valence-electron chi connectivity index (χ1n) is 14.6. The first-order chi connectivity index (χ1) is 23.0. The van der Waals surface area contributed by atoms with Crippen molar-refractivity contribution in [1.82, 2.24) is 10.2 Å². The molecule has 2 atom stereocenters. The lowest BCUT2D eigenvalue weighted by molar-refractivity contribution is -0.154. The van der Waals surface area contributed by atoms with Gasteiger partial charge in [0.1, 0.15) is 17.1 Å². The number of benzene rings is 2. The number of carbonyl (C=O) groups excluding carboxylic acids is 3. The largest absolute Gasteiger partial charge is 0.448 e. The Morgan fingerprint density at radius 3 is 2.40 bits per heavy atom. The van der Waals surface area contributed by atoms with Gasteiger partial charge in [0.2, 0.25) is 5.91 Å². The van der Waals surface area contributed by atoms with E-state index in [4.69, 9.17) is 4.74 Å². The molecule has 1 N–H and O–H groups in total. The normalized spacial score (nSPS) is 17.6. The fourth-order valence-electron chi connectivity index (χ4n) is 5.41. The van der Waals surface area contributed by atoms with E-state index in [2.05, 4.69) is 5.32 Å². The first kappa shape index (κ1) is 31.6. The van der Waals surface area contributed by atoms with Gasteiger partial charge in [0.05, 0.1) is 20.0 Å². The van der Waals surface area contributed by atoms with Crippen LogP contribution >= 0.6 is 57.5 Å². The molecule has 3 aromatic heterocycles. The summed E-state index contributed by atoms with van der Waals surface area (Å²) in [6.45, 7) is 0. The number of β-lactam (4-membered cyclic amide) rings is 1. The monoisotopic (exact) mass is 714 g/mol. The van der Waals surface area contributed by atoms with Crippen LogP contribution in [0.5, 0.6) is 0 Å². The van der Waals surface area contributed by atoms with Crippen molar-refractivity contribution in [2.24, 2.45) is 0 Å². The summed E-state index contributed by atoms with van der Waals surface area (Å²) in [5, 5.41) is 8.09. The molecular formula is C35H26N2O5S5. The number of rotatable bonds is 10. The van der Waals surface area contributed by atoms with Crippen LogP contribution in [0.4, 0.5) is 0 Å². The van der Waals surface area contributed by atoms with Gasteiger partial charge in [-0.05, 0) is 51.1 Å². The van der Waals surface area contributed by atoms with Crippen LogP contribution in [0.1, 0.15) is 22.1 Å². The number of fused-ring (bicyclic) bond motifs is 2. The van der Waals surface area contributed by atoms with Gasteiger partial charge < -0.3 is 10.1 Å². The van der Waals surface area contributed by atoms with Crippen LogP contribution in [0.3, 0.4) is 0 Å². The van der Waals surface area contributed by atoms with Crippen LogP contribution in [0.2, 0.25) is 0 Å². The van der Waals surface area contributed by atoms with Gasteiger partial charge in [0.25, 0.3) is 5.91 Å². The third-order valence-electron chi connectivity index (χ3n) is 7.62. The molecule has 1 fully saturated rings. The van der Waals surface area contributed by atoms with E-state index in [0.29, 0.717) is 11.3 Å². The van der Waals surface area contributed by atoms with Gasteiger partial charge in [-0.1, -0.05) is 78.5 Å². The van der Waals surface area contributed by atoms with Crippen molar-refractivity contribution in [3.63, 3.8) is 0 Å². The van der Waals surface area contributed by atoms with Gasteiger partial charge in [0.15, 0.2) is 11.5 Å². The number of thioether (sulfide) groups is 2. The van der Waals surface area contributed by atoms with E-state index in [1.807, 2.05) is 101 Å². The molecule has 47 heavy (non-hydrogen) atoms. The predicted octanol–water partition coefficient (Wildman–Crippen LogP) is 7.22. The molecule has 7 rings (SSSR count). The lowest BCUT2D eigenvalue weighted by atomic mass is 10.0. The number of carbonyl (C=O) groups is 3. The van der Waals surface area contributed by atoms with Crippen molar-refractivity contribution in [1.29, 1.82) is 0 Å². The highest BCUT2D eigenvalue weighted by molar-refractivity contribution is 8.04. The molecule has 1 saturated heterocycles. The third-order valence-corrected chi connectivity index (χ3v) is 12.9.